The summed E-state index contributed by atoms with van der Waals surface area (Å²) in [4.78, 5) is 10.6. The molecule has 0 aliphatic carbocycles. The maximum atomic E-state index is 10.6. The lowest BCUT2D eigenvalue weighted by atomic mass is 10.0. The Morgan fingerprint density at radius 2 is 1.17 bits per heavy atom. The van der Waals surface area contributed by atoms with Crippen molar-refractivity contribution in [2.75, 3.05) is 27.8 Å². The molecule has 0 radical (unpaired) electrons. The van der Waals surface area contributed by atoms with E-state index >= 15 is 0 Å². The molecule has 2 saturated heterocycles. The lowest BCUT2D eigenvalue weighted by Crippen LogP contribution is -2.35. The van der Waals surface area contributed by atoms with Crippen LogP contribution in [0.3, 0.4) is 0 Å². The molecule has 0 unspecified atom stereocenters. The number of methoxy groups -OCH3 is 2. The highest BCUT2D eigenvalue weighted by atomic mass is 16.7. The molecule has 0 aromatic rings. The fourth-order valence-corrected chi connectivity index (χ4v) is 5.59. The highest BCUT2D eigenvalue weighted by molar-refractivity contribution is 5.48. The Bertz CT molecular complexity index is 532. The van der Waals surface area contributed by atoms with E-state index in [2.05, 4.69) is 6.92 Å². The summed E-state index contributed by atoms with van der Waals surface area (Å²) >= 11 is 0. The third kappa shape index (κ3) is 12.3. The standard InChI is InChI=1S/C29H54O7/c1-4-5-6-7-8-9-10-12-15-24(33-22-31-2)26-17-19-28(35-26)29-20-18-27(36-29)25(34-23-32-3)16-13-11-14-21-30/h21,24-29H,4-20,22-23H2,1-3H3/t24-,25-,26-,27-,28-,29-/m1/s1. The van der Waals surface area contributed by atoms with Crippen LogP contribution in [0.2, 0.25) is 0 Å². The Hall–Kier alpha value is -0.570. The van der Waals surface area contributed by atoms with Crippen molar-refractivity contribution in [3.05, 3.63) is 0 Å². The topological polar surface area (TPSA) is 72.5 Å². The highest BCUT2D eigenvalue weighted by Gasteiger charge is 2.41. The second-order valence-electron chi connectivity index (χ2n) is 10.5. The fourth-order valence-electron chi connectivity index (χ4n) is 5.59. The molecule has 0 N–H and O–H groups in total. The maximum absolute atomic E-state index is 10.6. The predicted molar refractivity (Wildman–Crippen MR) is 141 cm³/mol. The second-order valence-corrected chi connectivity index (χ2v) is 10.5. The first-order chi connectivity index (χ1) is 17.7. The monoisotopic (exact) mass is 514 g/mol. The normalized spacial score (nSPS) is 25.9. The van der Waals surface area contributed by atoms with Gasteiger partial charge in [0.05, 0.1) is 36.6 Å². The van der Waals surface area contributed by atoms with Crippen LogP contribution in [0.15, 0.2) is 0 Å². The Balaban J connectivity index is 1.75. The van der Waals surface area contributed by atoms with Gasteiger partial charge in [0, 0.05) is 20.6 Å². The largest absolute Gasteiger partial charge is 0.370 e. The summed E-state index contributed by atoms with van der Waals surface area (Å²) in [7, 11) is 3.32. The van der Waals surface area contributed by atoms with E-state index in [-0.39, 0.29) is 43.4 Å². The van der Waals surface area contributed by atoms with E-state index in [0.29, 0.717) is 13.2 Å². The van der Waals surface area contributed by atoms with Crippen molar-refractivity contribution in [3.8, 4) is 0 Å². The van der Waals surface area contributed by atoms with Crippen molar-refractivity contribution in [2.45, 2.75) is 153 Å². The molecule has 0 bridgehead atoms. The summed E-state index contributed by atoms with van der Waals surface area (Å²) < 4.78 is 35.4. The molecule has 7 nitrogen and oxygen atoms in total. The van der Waals surface area contributed by atoms with Crippen LogP contribution in [-0.2, 0) is 33.2 Å². The lowest BCUT2D eigenvalue weighted by molar-refractivity contribution is -0.158. The minimum Gasteiger partial charge on any atom is -0.370 e. The van der Waals surface area contributed by atoms with Gasteiger partial charge in [-0.2, -0.15) is 0 Å². The molecule has 6 atom stereocenters. The second kappa shape index (κ2) is 20.4. The molecule has 0 aromatic carbocycles. The number of aldehydes is 1. The molecular weight excluding hydrogens is 460 g/mol. The molecule has 0 spiro atoms. The van der Waals surface area contributed by atoms with Gasteiger partial charge in [-0.15, -0.1) is 0 Å². The van der Waals surface area contributed by atoms with Crippen molar-refractivity contribution in [1.82, 2.24) is 0 Å². The summed E-state index contributed by atoms with van der Waals surface area (Å²) in [5, 5.41) is 0. The van der Waals surface area contributed by atoms with Gasteiger partial charge in [-0.25, -0.2) is 0 Å². The van der Waals surface area contributed by atoms with Gasteiger partial charge in [-0.1, -0.05) is 64.7 Å². The van der Waals surface area contributed by atoms with E-state index < -0.39 is 0 Å². The van der Waals surface area contributed by atoms with E-state index in [1.807, 2.05) is 0 Å². The average Bonchev–Trinajstić information content (AvgIpc) is 3.57. The van der Waals surface area contributed by atoms with Crippen LogP contribution in [-0.4, -0.2) is 70.7 Å². The van der Waals surface area contributed by atoms with Gasteiger partial charge in [0.2, 0.25) is 0 Å². The summed E-state index contributed by atoms with van der Waals surface area (Å²) in [5.74, 6) is 0. The van der Waals surface area contributed by atoms with E-state index in [4.69, 9.17) is 28.4 Å². The Morgan fingerprint density at radius 3 is 1.64 bits per heavy atom. The minimum absolute atomic E-state index is 0.00133. The number of unbranched alkanes of at least 4 members (excludes halogenated alkanes) is 9. The fraction of sp³-hybridized carbons (Fsp3) is 0.966. The van der Waals surface area contributed by atoms with Gasteiger partial charge >= 0.3 is 0 Å². The van der Waals surface area contributed by atoms with Crippen LogP contribution in [0.25, 0.3) is 0 Å². The number of carbonyl (C=O) groups excluding carboxylic acids is 1. The predicted octanol–water partition coefficient (Wildman–Crippen LogP) is 6.35. The van der Waals surface area contributed by atoms with E-state index in [1.165, 1.54) is 51.4 Å². The van der Waals surface area contributed by atoms with E-state index in [9.17, 15) is 4.79 Å². The highest BCUT2D eigenvalue weighted by Crippen LogP contribution is 2.36. The maximum Gasteiger partial charge on any atom is 0.146 e. The molecular formula is C29H54O7. The SMILES string of the molecule is CCCCCCCCCC[C@@H](OCOC)[C@H]1CC[C@H]([C@H]2CC[C@H]([C@@H](CCCCC=O)OCOC)O2)O1. The van der Waals surface area contributed by atoms with Crippen LogP contribution in [0.4, 0.5) is 0 Å². The number of rotatable bonds is 23. The molecule has 36 heavy (non-hydrogen) atoms. The molecule has 2 aliphatic rings. The third-order valence-electron chi connectivity index (χ3n) is 7.62. The smallest absolute Gasteiger partial charge is 0.146 e. The van der Waals surface area contributed by atoms with Crippen molar-refractivity contribution in [3.63, 3.8) is 0 Å². The van der Waals surface area contributed by atoms with Crippen LogP contribution in [0.5, 0.6) is 0 Å². The summed E-state index contributed by atoms with van der Waals surface area (Å²) in [5.41, 5.74) is 0. The average molecular weight is 515 g/mol. The van der Waals surface area contributed by atoms with E-state index in [1.54, 1.807) is 14.2 Å². The van der Waals surface area contributed by atoms with E-state index in [0.717, 1.165) is 57.7 Å². The Labute approximate surface area is 220 Å². The summed E-state index contributed by atoms with van der Waals surface area (Å²) in [6.07, 6.45) is 20.3. The molecule has 0 aromatic heterocycles. The van der Waals surface area contributed by atoms with Gasteiger partial charge in [0.15, 0.2) is 0 Å². The first-order valence-corrected chi connectivity index (χ1v) is 14.7. The molecule has 2 heterocycles. The number of hydrogen-bond acceptors (Lipinski definition) is 7. The van der Waals surface area contributed by atoms with Crippen molar-refractivity contribution >= 4 is 6.29 Å². The first-order valence-electron chi connectivity index (χ1n) is 14.7. The summed E-state index contributed by atoms with van der Waals surface area (Å²) in [6, 6.07) is 0. The Kier molecular flexibility index (Phi) is 17.9. The number of carbonyl (C=O) groups is 1. The molecule has 2 fully saturated rings. The molecule has 0 saturated carbocycles. The lowest BCUT2D eigenvalue weighted by Gasteiger charge is -2.27. The van der Waals surface area contributed by atoms with Crippen LogP contribution in [0.1, 0.15) is 116 Å². The Morgan fingerprint density at radius 1 is 0.694 bits per heavy atom. The number of hydrogen-bond donors (Lipinski definition) is 0. The zero-order chi connectivity index (χ0) is 25.8. The zero-order valence-electron chi connectivity index (χ0n) is 23.3. The first kappa shape index (κ1) is 31.6. The third-order valence-corrected chi connectivity index (χ3v) is 7.62. The van der Waals surface area contributed by atoms with Gasteiger partial charge in [0.25, 0.3) is 0 Å². The van der Waals surface area contributed by atoms with Gasteiger partial charge in [-0.3, -0.25) is 0 Å². The van der Waals surface area contributed by atoms with Crippen molar-refractivity contribution < 1.29 is 33.2 Å². The number of ether oxygens (including phenoxy) is 6. The molecule has 2 rings (SSSR count). The van der Waals surface area contributed by atoms with Gasteiger partial charge in [0.1, 0.15) is 19.9 Å². The van der Waals surface area contributed by atoms with Crippen LogP contribution < -0.4 is 0 Å². The van der Waals surface area contributed by atoms with Crippen LogP contribution >= 0.6 is 0 Å². The van der Waals surface area contributed by atoms with Gasteiger partial charge in [-0.05, 0) is 44.9 Å². The molecule has 212 valence electrons. The quantitative estimate of drug-likeness (QED) is 0.0893. The van der Waals surface area contributed by atoms with Crippen molar-refractivity contribution in [2.24, 2.45) is 0 Å². The minimum atomic E-state index is -0.00133. The molecule has 7 heteroatoms. The van der Waals surface area contributed by atoms with Crippen LogP contribution in [0, 0.1) is 0 Å². The summed E-state index contributed by atoms with van der Waals surface area (Å²) in [6.45, 7) is 2.85. The van der Waals surface area contributed by atoms with Gasteiger partial charge < -0.3 is 33.2 Å². The zero-order valence-corrected chi connectivity index (χ0v) is 23.3. The molecule has 0 amide bonds. The molecule has 2 aliphatic heterocycles. The van der Waals surface area contributed by atoms with Crippen molar-refractivity contribution in [1.29, 1.82) is 0 Å².